The summed E-state index contributed by atoms with van der Waals surface area (Å²) in [5.41, 5.74) is 10.8. The standard InChI is InChI=1S/C23H25N3O3S2/c1-3-29-23(28)17-13-5-4-6-16(13)30-22(17)26-20(27)19-18(24)14-10-12-9-11(2)7-8-15(12)25-21(14)31-19/h10-11H,3-9,24H2,1-2H3,(H,26,27). The lowest BCUT2D eigenvalue weighted by Gasteiger charge is -2.20. The van der Waals surface area contributed by atoms with Gasteiger partial charge in [0.2, 0.25) is 0 Å². The van der Waals surface area contributed by atoms with Gasteiger partial charge in [0, 0.05) is 16.0 Å². The molecule has 1 atom stereocenters. The number of carbonyl (C=O) groups is 2. The number of nitrogens with one attached hydrogen (secondary N) is 1. The van der Waals surface area contributed by atoms with E-state index in [0.29, 0.717) is 33.7 Å². The highest BCUT2D eigenvalue weighted by molar-refractivity contribution is 7.21. The molecule has 5 rings (SSSR count). The first-order valence-electron chi connectivity index (χ1n) is 10.8. The van der Waals surface area contributed by atoms with Crippen molar-refractivity contribution in [2.24, 2.45) is 5.92 Å². The van der Waals surface area contributed by atoms with Crippen LogP contribution in [0.5, 0.6) is 0 Å². The van der Waals surface area contributed by atoms with Crippen LogP contribution in [0.2, 0.25) is 0 Å². The summed E-state index contributed by atoms with van der Waals surface area (Å²) in [4.78, 5) is 33.0. The van der Waals surface area contributed by atoms with E-state index in [9.17, 15) is 9.59 Å². The zero-order valence-electron chi connectivity index (χ0n) is 17.7. The van der Waals surface area contributed by atoms with Gasteiger partial charge in [-0.05, 0) is 68.6 Å². The van der Waals surface area contributed by atoms with Crippen LogP contribution in [-0.4, -0.2) is 23.5 Å². The topological polar surface area (TPSA) is 94.3 Å². The lowest BCUT2D eigenvalue weighted by molar-refractivity contribution is 0.0527. The highest BCUT2D eigenvalue weighted by atomic mass is 32.1. The summed E-state index contributed by atoms with van der Waals surface area (Å²) in [7, 11) is 0. The molecule has 6 nitrogen and oxygen atoms in total. The molecule has 0 radical (unpaired) electrons. The number of pyridine rings is 1. The van der Waals surface area contributed by atoms with Crippen molar-refractivity contribution in [3.05, 3.63) is 38.2 Å². The lowest BCUT2D eigenvalue weighted by Crippen LogP contribution is -2.15. The number of aromatic nitrogens is 1. The largest absolute Gasteiger partial charge is 0.462 e. The van der Waals surface area contributed by atoms with E-state index < -0.39 is 0 Å². The van der Waals surface area contributed by atoms with Crippen LogP contribution in [0.25, 0.3) is 10.2 Å². The number of hydrogen-bond acceptors (Lipinski definition) is 7. The third kappa shape index (κ3) is 3.51. The number of esters is 1. The third-order valence-electron chi connectivity index (χ3n) is 6.17. The van der Waals surface area contributed by atoms with Crippen molar-refractivity contribution in [3.8, 4) is 0 Å². The fourth-order valence-corrected chi connectivity index (χ4v) is 6.88. The first kappa shape index (κ1) is 20.5. The van der Waals surface area contributed by atoms with Crippen LogP contribution in [0.15, 0.2) is 6.07 Å². The molecule has 1 amide bonds. The van der Waals surface area contributed by atoms with Crippen LogP contribution in [0.4, 0.5) is 10.7 Å². The van der Waals surface area contributed by atoms with Gasteiger partial charge in [-0.25, -0.2) is 9.78 Å². The minimum Gasteiger partial charge on any atom is -0.462 e. The number of nitrogen functional groups attached to an aromatic ring is 1. The molecule has 0 aromatic carbocycles. The number of rotatable bonds is 4. The van der Waals surface area contributed by atoms with Gasteiger partial charge in [-0.3, -0.25) is 4.79 Å². The van der Waals surface area contributed by atoms with Crippen molar-refractivity contribution in [1.82, 2.24) is 4.98 Å². The average molecular weight is 456 g/mol. The molecule has 8 heteroatoms. The Morgan fingerprint density at radius 1 is 1.29 bits per heavy atom. The SMILES string of the molecule is CCOC(=O)c1c(NC(=O)c2sc3nc4c(cc3c2N)CC(C)CC4)sc2c1CCC2. The molecule has 3 aromatic rings. The number of nitrogens with zero attached hydrogens (tertiary/aromatic N) is 1. The first-order valence-corrected chi connectivity index (χ1v) is 12.4. The van der Waals surface area contributed by atoms with Crippen molar-refractivity contribution >= 4 is 55.5 Å². The van der Waals surface area contributed by atoms with Crippen molar-refractivity contribution < 1.29 is 14.3 Å². The molecule has 0 spiro atoms. The monoisotopic (exact) mass is 455 g/mol. The van der Waals surface area contributed by atoms with E-state index in [0.717, 1.165) is 64.9 Å². The summed E-state index contributed by atoms with van der Waals surface area (Å²) in [6.07, 6.45) is 5.91. The van der Waals surface area contributed by atoms with Gasteiger partial charge >= 0.3 is 5.97 Å². The van der Waals surface area contributed by atoms with E-state index in [2.05, 4.69) is 18.3 Å². The maximum absolute atomic E-state index is 13.2. The van der Waals surface area contributed by atoms with Crippen molar-refractivity contribution in [3.63, 3.8) is 0 Å². The van der Waals surface area contributed by atoms with Crippen LogP contribution >= 0.6 is 22.7 Å². The van der Waals surface area contributed by atoms with Crippen molar-refractivity contribution in [1.29, 1.82) is 0 Å². The van der Waals surface area contributed by atoms with Gasteiger partial charge in [0.25, 0.3) is 5.91 Å². The van der Waals surface area contributed by atoms with Gasteiger partial charge in [-0.1, -0.05) is 6.92 Å². The minimum atomic E-state index is -0.370. The highest BCUT2D eigenvalue weighted by Gasteiger charge is 2.29. The van der Waals surface area contributed by atoms with Gasteiger partial charge < -0.3 is 15.8 Å². The maximum atomic E-state index is 13.2. The number of anilines is 2. The minimum absolute atomic E-state index is 0.294. The molecule has 3 heterocycles. The number of carbonyl (C=O) groups excluding carboxylic acids is 2. The second kappa shape index (κ2) is 7.91. The predicted molar refractivity (Wildman–Crippen MR) is 125 cm³/mol. The normalized spacial score (nSPS) is 17.4. The van der Waals surface area contributed by atoms with Crippen LogP contribution in [0.3, 0.4) is 0 Å². The zero-order chi connectivity index (χ0) is 21.7. The quantitative estimate of drug-likeness (QED) is 0.541. The average Bonchev–Trinajstić information content (AvgIpc) is 3.40. The van der Waals surface area contributed by atoms with Crippen LogP contribution in [0.1, 0.15) is 68.4 Å². The smallest absolute Gasteiger partial charge is 0.341 e. The fourth-order valence-electron chi connectivity index (χ4n) is 4.61. The summed E-state index contributed by atoms with van der Waals surface area (Å²) in [5.74, 6) is -0.0289. The lowest BCUT2D eigenvalue weighted by atomic mass is 9.87. The molecular formula is C23H25N3O3S2. The Morgan fingerprint density at radius 2 is 2.13 bits per heavy atom. The summed E-state index contributed by atoms with van der Waals surface area (Å²) < 4.78 is 5.26. The predicted octanol–water partition coefficient (Wildman–Crippen LogP) is 4.98. The van der Waals surface area contributed by atoms with Crippen LogP contribution < -0.4 is 11.1 Å². The molecule has 31 heavy (non-hydrogen) atoms. The third-order valence-corrected chi connectivity index (χ3v) is 8.49. The molecule has 1 unspecified atom stereocenters. The summed E-state index contributed by atoms with van der Waals surface area (Å²) in [6, 6.07) is 2.11. The summed E-state index contributed by atoms with van der Waals surface area (Å²) in [5, 5.41) is 4.37. The number of thiophene rings is 2. The molecule has 0 aliphatic heterocycles. The number of ether oxygens (including phenoxy) is 1. The van der Waals surface area contributed by atoms with E-state index in [4.69, 9.17) is 15.5 Å². The molecule has 2 aliphatic rings. The molecule has 3 N–H and O–H groups in total. The number of aryl methyl sites for hydroxylation is 2. The number of nitrogens with two attached hydrogens (primary N) is 1. The Morgan fingerprint density at radius 3 is 2.94 bits per heavy atom. The van der Waals surface area contributed by atoms with E-state index in [1.807, 2.05) is 0 Å². The summed E-state index contributed by atoms with van der Waals surface area (Å²) in [6.45, 7) is 4.34. The zero-order valence-corrected chi connectivity index (χ0v) is 19.3. The Kier molecular flexibility index (Phi) is 5.22. The van der Waals surface area contributed by atoms with Gasteiger partial charge in [0.15, 0.2) is 0 Å². The van der Waals surface area contributed by atoms with E-state index in [-0.39, 0.29) is 11.9 Å². The van der Waals surface area contributed by atoms with E-state index in [1.54, 1.807) is 6.92 Å². The highest BCUT2D eigenvalue weighted by Crippen LogP contribution is 2.41. The molecule has 0 saturated carbocycles. The number of hydrogen-bond donors (Lipinski definition) is 2. The molecule has 2 aliphatic carbocycles. The number of fused-ring (bicyclic) bond motifs is 3. The molecule has 162 valence electrons. The van der Waals surface area contributed by atoms with Gasteiger partial charge in [0.1, 0.15) is 14.7 Å². The maximum Gasteiger partial charge on any atom is 0.341 e. The second-order valence-corrected chi connectivity index (χ2v) is 10.5. The Balaban J connectivity index is 1.49. The number of amides is 1. The Hall–Kier alpha value is -2.45. The van der Waals surface area contributed by atoms with E-state index >= 15 is 0 Å². The first-order chi connectivity index (χ1) is 15.0. The molecule has 0 bridgehead atoms. The fraction of sp³-hybridized carbons (Fsp3) is 0.435. The summed E-state index contributed by atoms with van der Waals surface area (Å²) >= 11 is 2.80. The molecule has 0 saturated heterocycles. The van der Waals surface area contributed by atoms with Gasteiger partial charge in [-0.15, -0.1) is 22.7 Å². The van der Waals surface area contributed by atoms with Gasteiger partial charge in [-0.2, -0.15) is 0 Å². The Labute approximate surface area is 188 Å². The Bertz CT molecular complexity index is 1210. The van der Waals surface area contributed by atoms with Crippen LogP contribution in [-0.2, 0) is 30.4 Å². The molecule has 3 aromatic heterocycles. The molecule has 0 fully saturated rings. The van der Waals surface area contributed by atoms with Crippen molar-refractivity contribution in [2.45, 2.75) is 52.4 Å². The molecular weight excluding hydrogens is 430 g/mol. The second-order valence-electron chi connectivity index (χ2n) is 8.38. The van der Waals surface area contributed by atoms with Gasteiger partial charge in [0.05, 0.1) is 17.9 Å². The van der Waals surface area contributed by atoms with Crippen molar-refractivity contribution in [2.75, 3.05) is 17.7 Å². The van der Waals surface area contributed by atoms with Crippen LogP contribution in [0, 0.1) is 5.92 Å². The van der Waals surface area contributed by atoms with E-state index in [1.165, 1.54) is 28.2 Å².